The molecule has 32 heavy (non-hydrogen) atoms. The average molecular weight is 456 g/mol. The molecule has 0 bridgehead atoms. The van der Waals surface area contributed by atoms with E-state index in [1.807, 2.05) is 6.92 Å². The molecule has 0 amide bonds. The van der Waals surface area contributed by atoms with Crippen molar-refractivity contribution in [2.24, 2.45) is 0 Å². The summed E-state index contributed by atoms with van der Waals surface area (Å²) in [5.41, 5.74) is 1.27. The smallest absolute Gasteiger partial charge is 0.349 e. The van der Waals surface area contributed by atoms with Crippen LogP contribution in [-0.4, -0.2) is 33.0 Å². The van der Waals surface area contributed by atoms with Crippen LogP contribution < -0.4 is 13.8 Å². The molecule has 0 heterocycles. The normalized spacial score (nSPS) is 10.9. The summed E-state index contributed by atoms with van der Waals surface area (Å²) in [6.07, 6.45) is 0. The van der Waals surface area contributed by atoms with Gasteiger partial charge in [-0.05, 0) is 55.5 Å². The van der Waals surface area contributed by atoms with Crippen LogP contribution in [0.3, 0.4) is 0 Å². The van der Waals surface area contributed by atoms with Crippen molar-refractivity contribution < 1.29 is 27.6 Å². The average Bonchev–Trinajstić information content (AvgIpc) is 2.78. The number of nitro benzene ring substituents is 1. The van der Waals surface area contributed by atoms with Crippen LogP contribution in [-0.2, 0) is 14.8 Å². The molecule has 0 fully saturated rings. The maximum atomic E-state index is 12.8. The van der Waals surface area contributed by atoms with Crippen LogP contribution in [0.2, 0.25) is 0 Å². The number of carbonyl (C=O) groups is 1. The first-order valence-electron chi connectivity index (χ1n) is 9.40. The fraction of sp³-hybridized carbons (Fsp3) is 0.136. The second-order valence-electron chi connectivity index (χ2n) is 6.79. The van der Waals surface area contributed by atoms with E-state index in [9.17, 15) is 23.3 Å². The third kappa shape index (κ3) is 5.41. The molecule has 166 valence electrons. The van der Waals surface area contributed by atoms with E-state index in [0.717, 1.165) is 9.87 Å². The fourth-order valence-corrected chi connectivity index (χ4v) is 3.89. The Balaban J connectivity index is 1.58. The highest BCUT2D eigenvalue weighted by molar-refractivity contribution is 7.92. The number of rotatable bonds is 8. The highest BCUT2D eigenvalue weighted by atomic mass is 32.2. The number of esters is 1. The number of carbonyl (C=O) groups excluding carboxylic acids is 1. The molecule has 3 rings (SSSR count). The summed E-state index contributed by atoms with van der Waals surface area (Å²) in [6.45, 7) is 1.48. The van der Waals surface area contributed by atoms with E-state index in [1.165, 1.54) is 43.4 Å². The lowest BCUT2D eigenvalue weighted by molar-refractivity contribution is -0.384. The van der Waals surface area contributed by atoms with Crippen LogP contribution in [0.15, 0.2) is 77.7 Å². The van der Waals surface area contributed by atoms with Crippen LogP contribution in [0.5, 0.6) is 11.5 Å². The standard InChI is InChI=1S/C22H20N2O7S/c1-16-3-13-21(14-4-16)32(28,29)23(2)17-5-9-19(10-6-17)30-15-22(25)31-20-11-7-18(8-12-20)24(26)27/h3-14H,15H2,1-2H3. The maximum Gasteiger partial charge on any atom is 0.349 e. The molecule has 10 heteroatoms. The number of aryl methyl sites for hydroxylation is 1. The van der Waals surface area contributed by atoms with Crippen molar-refractivity contribution in [2.45, 2.75) is 11.8 Å². The van der Waals surface area contributed by atoms with Crippen molar-refractivity contribution in [3.8, 4) is 11.5 Å². The van der Waals surface area contributed by atoms with Crippen molar-refractivity contribution in [2.75, 3.05) is 18.0 Å². The summed E-state index contributed by atoms with van der Waals surface area (Å²) in [5, 5.41) is 10.6. The zero-order valence-electron chi connectivity index (χ0n) is 17.3. The maximum absolute atomic E-state index is 12.8. The second kappa shape index (κ2) is 9.48. The molecule has 3 aromatic rings. The highest BCUT2D eigenvalue weighted by Gasteiger charge is 2.21. The van der Waals surface area contributed by atoms with Gasteiger partial charge < -0.3 is 9.47 Å². The topological polar surface area (TPSA) is 116 Å². The number of benzene rings is 3. The summed E-state index contributed by atoms with van der Waals surface area (Å²) in [7, 11) is -2.26. The van der Waals surface area contributed by atoms with Crippen molar-refractivity contribution in [1.82, 2.24) is 0 Å². The monoisotopic (exact) mass is 456 g/mol. The minimum atomic E-state index is -3.71. The van der Waals surface area contributed by atoms with Gasteiger partial charge in [-0.3, -0.25) is 14.4 Å². The number of non-ortho nitro benzene ring substituents is 1. The van der Waals surface area contributed by atoms with Crippen LogP contribution in [0.25, 0.3) is 0 Å². The molecule has 9 nitrogen and oxygen atoms in total. The van der Waals surface area contributed by atoms with Gasteiger partial charge in [0.05, 0.1) is 15.5 Å². The van der Waals surface area contributed by atoms with Crippen LogP contribution in [0.1, 0.15) is 5.56 Å². The van der Waals surface area contributed by atoms with Gasteiger partial charge in [0.15, 0.2) is 6.61 Å². The molecule has 0 atom stereocenters. The number of nitro groups is 1. The molecular formula is C22H20N2O7S. The molecule has 0 N–H and O–H groups in total. The molecule has 0 aliphatic rings. The van der Waals surface area contributed by atoms with E-state index in [1.54, 1.807) is 36.4 Å². The van der Waals surface area contributed by atoms with Crippen LogP contribution in [0.4, 0.5) is 11.4 Å². The largest absolute Gasteiger partial charge is 0.482 e. The van der Waals surface area contributed by atoms with E-state index in [0.29, 0.717) is 11.4 Å². The summed E-state index contributed by atoms with van der Waals surface area (Å²) in [4.78, 5) is 22.2. The summed E-state index contributed by atoms with van der Waals surface area (Å²) < 4.78 is 37.1. The van der Waals surface area contributed by atoms with E-state index in [2.05, 4.69) is 0 Å². The van der Waals surface area contributed by atoms with Crippen molar-refractivity contribution in [3.63, 3.8) is 0 Å². The van der Waals surface area contributed by atoms with Gasteiger partial charge in [0.2, 0.25) is 0 Å². The number of nitrogens with zero attached hydrogens (tertiary/aromatic N) is 2. The summed E-state index contributed by atoms with van der Waals surface area (Å²) in [5.74, 6) is -0.194. The molecule has 0 saturated carbocycles. The molecule has 0 saturated heterocycles. The lowest BCUT2D eigenvalue weighted by atomic mass is 10.2. The first-order chi connectivity index (χ1) is 15.2. The van der Waals surface area contributed by atoms with Gasteiger partial charge in [0.25, 0.3) is 15.7 Å². The van der Waals surface area contributed by atoms with E-state index >= 15 is 0 Å². The van der Waals surface area contributed by atoms with Gasteiger partial charge in [-0.15, -0.1) is 0 Å². The zero-order valence-corrected chi connectivity index (χ0v) is 18.1. The number of sulfonamides is 1. The molecule has 3 aromatic carbocycles. The van der Waals surface area contributed by atoms with Gasteiger partial charge >= 0.3 is 5.97 Å². The molecular weight excluding hydrogens is 436 g/mol. The van der Waals surface area contributed by atoms with Crippen molar-refractivity contribution >= 4 is 27.4 Å². The Morgan fingerprint density at radius 2 is 1.50 bits per heavy atom. The molecule has 0 radical (unpaired) electrons. The lowest BCUT2D eigenvalue weighted by Gasteiger charge is -2.20. The molecule has 0 spiro atoms. The van der Waals surface area contributed by atoms with Crippen molar-refractivity contribution in [3.05, 3.63) is 88.5 Å². The summed E-state index contributed by atoms with van der Waals surface area (Å²) in [6, 6.07) is 17.8. The van der Waals surface area contributed by atoms with Gasteiger partial charge in [-0.25, -0.2) is 13.2 Å². The van der Waals surface area contributed by atoms with Crippen LogP contribution in [0, 0.1) is 17.0 Å². The fourth-order valence-electron chi connectivity index (χ4n) is 2.70. The molecule has 0 aliphatic carbocycles. The first kappa shape index (κ1) is 22.8. The van der Waals surface area contributed by atoms with Gasteiger partial charge in [0.1, 0.15) is 11.5 Å². The number of ether oxygens (including phenoxy) is 2. The van der Waals surface area contributed by atoms with Gasteiger partial charge in [0, 0.05) is 19.2 Å². The Labute approximate surface area is 185 Å². The molecule has 0 aromatic heterocycles. The quantitative estimate of drug-likeness (QED) is 0.220. The third-order valence-corrected chi connectivity index (χ3v) is 6.32. The van der Waals surface area contributed by atoms with Crippen LogP contribution >= 0.6 is 0 Å². The number of anilines is 1. The first-order valence-corrected chi connectivity index (χ1v) is 10.8. The minimum Gasteiger partial charge on any atom is -0.482 e. The lowest BCUT2D eigenvalue weighted by Crippen LogP contribution is -2.26. The predicted octanol–water partition coefficient (Wildman–Crippen LogP) is 3.71. The number of hydrogen-bond donors (Lipinski definition) is 0. The second-order valence-corrected chi connectivity index (χ2v) is 8.76. The predicted molar refractivity (Wildman–Crippen MR) is 117 cm³/mol. The van der Waals surface area contributed by atoms with E-state index in [4.69, 9.17) is 9.47 Å². The SMILES string of the molecule is Cc1ccc(S(=O)(=O)N(C)c2ccc(OCC(=O)Oc3ccc([N+](=O)[O-])cc3)cc2)cc1. The summed E-state index contributed by atoms with van der Waals surface area (Å²) >= 11 is 0. The minimum absolute atomic E-state index is 0.115. The highest BCUT2D eigenvalue weighted by Crippen LogP contribution is 2.25. The Morgan fingerprint density at radius 1 is 0.938 bits per heavy atom. The number of hydrogen-bond acceptors (Lipinski definition) is 7. The Bertz CT molecular complexity index is 1210. The van der Waals surface area contributed by atoms with Gasteiger partial charge in [-0.1, -0.05) is 17.7 Å². The Kier molecular flexibility index (Phi) is 6.74. The van der Waals surface area contributed by atoms with Crippen molar-refractivity contribution in [1.29, 1.82) is 0 Å². The van der Waals surface area contributed by atoms with Gasteiger partial charge in [-0.2, -0.15) is 0 Å². The molecule has 0 unspecified atom stereocenters. The molecule has 0 aliphatic heterocycles. The van der Waals surface area contributed by atoms with E-state index in [-0.39, 0.29) is 16.3 Å². The Morgan fingerprint density at radius 3 is 2.06 bits per heavy atom. The van der Waals surface area contributed by atoms with E-state index < -0.39 is 27.5 Å². The third-order valence-electron chi connectivity index (χ3n) is 4.52. The zero-order chi connectivity index (χ0) is 23.3. The Hall–Kier alpha value is -3.92.